The van der Waals surface area contributed by atoms with E-state index in [1.807, 2.05) is 18.6 Å². The Kier molecular flexibility index (Phi) is 3.42. The number of ketones is 1. The van der Waals surface area contributed by atoms with Crippen LogP contribution < -0.4 is 0 Å². The molecule has 0 N–H and O–H groups in total. The van der Waals surface area contributed by atoms with Gasteiger partial charge in [-0.15, -0.1) is 23.1 Å². The molecular formula is C15H16N2OS2. The maximum Gasteiger partial charge on any atom is 0.165 e. The van der Waals surface area contributed by atoms with Crippen LogP contribution in [0.2, 0.25) is 0 Å². The number of aromatic nitrogens is 2. The summed E-state index contributed by atoms with van der Waals surface area (Å²) < 4.78 is 1.12. The molecule has 0 bridgehead atoms. The van der Waals surface area contributed by atoms with Crippen molar-refractivity contribution in [1.29, 1.82) is 0 Å². The normalized spacial score (nSPS) is 17.1. The number of rotatable bonds is 2. The van der Waals surface area contributed by atoms with Crippen LogP contribution in [0, 0.1) is 5.41 Å². The SMILES string of the molecule is CSc1sc(-c2cncnc2)c2c1C(=O)CC(C)(C)C2. The van der Waals surface area contributed by atoms with Gasteiger partial charge in [-0.05, 0) is 23.7 Å². The standard InChI is InChI=1S/C15H16N2OS2/c1-15(2)4-10-12(11(18)5-15)14(19-3)20-13(10)9-6-16-8-17-7-9/h6-8H,4-5H2,1-3H3. The van der Waals surface area contributed by atoms with Gasteiger partial charge in [0.1, 0.15) is 6.33 Å². The summed E-state index contributed by atoms with van der Waals surface area (Å²) in [6.45, 7) is 4.32. The van der Waals surface area contributed by atoms with E-state index >= 15 is 0 Å². The van der Waals surface area contributed by atoms with Gasteiger partial charge in [-0.3, -0.25) is 4.79 Å². The van der Waals surface area contributed by atoms with Crippen LogP contribution in [0.25, 0.3) is 10.4 Å². The van der Waals surface area contributed by atoms with Crippen molar-refractivity contribution in [3.63, 3.8) is 0 Å². The van der Waals surface area contributed by atoms with Crippen molar-refractivity contribution >= 4 is 28.9 Å². The lowest BCUT2D eigenvalue weighted by molar-refractivity contribution is 0.0910. The van der Waals surface area contributed by atoms with E-state index in [4.69, 9.17) is 0 Å². The molecule has 2 heterocycles. The number of thioether (sulfide) groups is 1. The second-order valence-corrected chi connectivity index (χ2v) is 7.94. The van der Waals surface area contributed by atoms with E-state index in [1.165, 1.54) is 11.9 Å². The van der Waals surface area contributed by atoms with Gasteiger partial charge in [0, 0.05) is 34.8 Å². The molecule has 1 aliphatic rings. The topological polar surface area (TPSA) is 42.9 Å². The van der Waals surface area contributed by atoms with E-state index in [2.05, 4.69) is 23.8 Å². The second-order valence-electron chi connectivity index (χ2n) is 5.84. The third kappa shape index (κ3) is 2.29. The van der Waals surface area contributed by atoms with E-state index in [0.29, 0.717) is 6.42 Å². The fourth-order valence-electron chi connectivity index (χ4n) is 2.75. The summed E-state index contributed by atoms with van der Waals surface area (Å²) in [4.78, 5) is 21.9. The van der Waals surface area contributed by atoms with Gasteiger partial charge in [0.2, 0.25) is 0 Å². The molecule has 2 aromatic heterocycles. The molecule has 1 aliphatic carbocycles. The summed E-state index contributed by atoms with van der Waals surface area (Å²) in [5.74, 6) is 0.278. The van der Waals surface area contributed by atoms with Gasteiger partial charge in [-0.1, -0.05) is 13.8 Å². The number of carbonyl (C=O) groups excluding carboxylic acids is 1. The average Bonchev–Trinajstić information content (AvgIpc) is 2.77. The van der Waals surface area contributed by atoms with Gasteiger partial charge >= 0.3 is 0 Å². The quantitative estimate of drug-likeness (QED) is 0.784. The zero-order valence-corrected chi connectivity index (χ0v) is 13.4. The predicted octanol–water partition coefficient (Wildman–Crippen LogP) is 4.08. The van der Waals surface area contributed by atoms with Crippen molar-refractivity contribution in [3.8, 4) is 10.4 Å². The van der Waals surface area contributed by atoms with Crippen LogP contribution in [0.15, 0.2) is 22.9 Å². The molecule has 0 amide bonds. The Labute approximate surface area is 126 Å². The van der Waals surface area contributed by atoms with E-state index < -0.39 is 0 Å². The Bertz CT molecular complexity index is 662. The number of thiophene rings is 1. The molecule has 104 valence electrons. The van der Waals surface area contributed by atoms with E-state index in [1.54, 1.807) is 23.1 Å². The third-order valence-corrected chi connectivity index (χ3v) is 5.96. The molecule has 0 radical (unpaired) electrons. The van der Waals surface area contributed by atoms with Crippen molar-refractivity contribution in [2.45, 2.75) is 30.9 Å². The smallest absolute Gasteiger partial charge is 0.165 e. The van der Waals surface area contributed by atoms with Crippen molar-refractivity contribution in [2.24, 2.45) is 5.41 Å². The van der Waals surface area contributed by atoms with Gasteiger partial charge in [0.05, 0.1) is 4.21 Å². The Hall–Kier alpha value is -1.20. The zero-order valence-electron chi connectivity index (χ0n) is 11.8. The van der Waals surface area contributed by atoms with Gasteiger partial charge in [-0.2, -0.15) is 0 Å². The number of fused-ring (bicyclic) bond motifs is 1. The van der Waals surface area contributed by atoms with Crippen LogP contribution in [-0.2, 0) is 6.42 Å². The highest BCUT2D eigenvalue weighted by Crippen LogP contribution is 2.47. The highest BCUT2D eigenvalue weighted by atomic mass is 32.2. The highest BCUT2D eigenvalue weighted by Gasteiger charge is 2.36. The second kappa shape index (κ2) is 4.97. The van der Waals surface area contributed by atoms with E-state index in [9.17, 15) is 4.79 Å². The van der Waals surface area contributed by atoms with Gasteiger partial charge in [-0.25, -0.2) is 9.97 Å². The first-order valence-electron chi connectivity index (χ1n) is 6.50. The summed E-state index contributed by atoms with van der Waals surface area (Å²) in [5, 5.41) is 0. The lowest BCUT2D eigenvalue weighted by atomic mass is 9.74. The van der Waals surface area contributed by atoms with Gasteiger partial charge in [0.25, 0.3) is 0 Å². The molecule has 0 aromatic carbocycles. The molecule has 5 heteroatoms. The van der Waals surface area contributed by atoms with Crippen LogP contribution in [0.3, 0.4) is 0 Å². The highest BCUT2D eigenvalue weighted by molar-refractivity contribution is 8.00. The summed E-state index contributed by atoms with van der Waals surface area (Å²) in [7, 11) is 0. The van der Waals surface area contributed by atoms with Crippen LogP contribution in [0.5, 0.6) is 0 Å². The monoisotopic (exact) mass is 304 g/mol. The molecule has 0 aliphatic heterocycles. The summed E-state index contributed by atoms with van der Waals surface area (Å²) in [6.07, 6.45) is 8.80. The number of hydrogen-bond acceptors (Lipinski definition) is 5. The number of nitrogens with zero attached hydrogens (tertiary/aromatic N) is 2. The Morgan fingerprint density at radius 2 is 1.95 bits per heavy atom. The van der Waals surface area contributed by atoms with Crippen molar-refractivity contribution in [2.75, 3.05) is 6.26 Å². The number of hydrogen-bond donors (Lipinski definition) is 0. The first kappa shape index (κ1) is 13.8. The minimum Gasteiger partial charge on any atom is -0.294 e. The minimum absolute atomic E-state index is 0.0330. The molecule has 0 fully saturated rings. The van der Waals surface area contributed by atoms with Crippen molar-refractivity contribution in [3.05, 3.63) is 29.8 Å². The van der Waals surface area contributed by atoms with Crippen molar-refractivity contribution in [1.82, 2.24) is 9.97 Å². The average molecular weight is 304 g/mol. The summed E-state index contributed by atoms with van der Waals surface area (Å²) in [6, 6.07) is 0. The molecule has 2 aromatic rings. The summed E-state index contributed by atoms with van der Waals surface area (Å²) in [5.41, 5.74) is 3.18. The maximum atomic E-state index is 12.5. The van der Waals surface area contributed by atoms with E-state index in [0.717, 1.165) is 26.6 Å². The molecule has 0 unspecified atom stereocenters. The van der Waals surface area contributed by atoms with E-state index in [-0.39, 0.29) is 11.2 Å². The van der Waals surface area contributed by atoms with Gasteiger partial charge < -0.3 is 0 Å². The van der Waals surface area contributed by atoms with Gasteiger partial charge in [0.15, 0.2) is 5.78 Å². The Morgan fingerprint density at radius 3 is 2.60 bits per heavy atom. The third-order valence-electron chi connectivity index (χ3n) is 3.56. The molecule has 0 saturated heterocycles. The Balaban J connectivity index is 2.21. The number of Topliss-reactive ketones (excluding diaryl/α,β-unsaturated/α-hetero) is 1. The first-order chi connectivity index (χ1) is 9.52. The largest absolute Gasteiger partial charge is 0.294 e. The molecule has 3 rings (SSSR count). The Morgan fingerprint density at radius 1 is 1.25 bits per heavy atom. The number of carbonyl (C=O) groups is 1. The minimum atomic E-state index is 0.0330. The molecule has 20 heavy (non-hydrogen) atoms. The molecular weight excluding hydrogens is 288 g/mol. The first-order valence-corrected chi connectivity index (χ1v) is 8.54. The fourth-order valence-corrected chi connectivity index (χ4v) is 4.82. The van der Waals surface area contributed by atoms with Crippen LogP contribution in [-0.4, -0.2) is 22.0 Å². The molecule has 0 spiro atoms. The predicted molar refractivity (Wildman–Crippen MR) is 83.6 cm³/mol. The lowest BCUT2D eigenvalue weighted by Gasteiger charge is -2.29. The molecule has 3 nitrogen and oxygen atoms in total. The maximum absolute atomic E-state index is 12.5. The van der Waals surface area contributed by atoms with Crippen LogP contribution >= 0.6 is 23.1 Å². The molecule has 0 saturated carbocycles. The van der Waals surface area contributed by atoms with Crippen molar-refractivity contribution < 1.29 is 4.79 Å². The molecule has 0 atom stereocenters. The van der Waals surface area contributed by atoms with Crippen LogP contribution in [0.4, 0.5) is 0 Å². The zero-order chi connectivity index (χ0) is 14.3. The fraction of sp³-hybridized carbons (Fsp3) is 0.400. The lowest BCUT2D eigenvalue weighted by Crippen LogP contribution is -2.26. The van der Waals surface area contributed by atoms with Crippen LogP contribution in [0.1, 0.15) is 36.2 Å². The summed E-state index contributed by atoms with van der Waals surface area (Å²) >= 11 is 3.35.